The van der Waals surface area contributed by atoms with Crippen molar-refractivity contribution in [3.63, 3.8) is 0 Å². The number of ether oxygens (including phenoxy) is 1. The lowest BCUT2D eigenvalue weighted by Crippen LogP contribution is -2.58. The first-order chi connectivity index (χ1) is 19.0. The Labute approximate surface area is 230 Å². The van der Waals surface area contributed by atoms with E-state index in [-0.39, 0.29) is 24.4 Å². The van der Waals surface area contributed by atoms with Crippen LogP contribution in [0, 0.1) is 5.92 Å². The molecule has 0 bridgehead atoms. The van der Waals surface area contributed by atoms with Crippen LogP contribution >= 0.6 is 0 Å². The Morgan fingerprint density at radius 1 is 0.974 bits per heavy atom. The van der Waals surface area contributed by atoms with E-state index < -0.39 is 5.54 Å². The molecule has 5 rings (SSSR count). The molecule has 3 fully saturated rings. The number of nitrogens with one attached hydrogen (secondary N) is 2. The van der Waals surface area contributed by atoms with Crippen LogP contribution in [0.15, 0.2) is 54.6 Å². The fourth-order valence-corrected chi connectivity index (χ4v) is 6.22. The third-order valence-electron chi connectivity index (χ3n) is 8.46. The van der Waals surface area contributed by atoms with Gasteiger partial charge in [0.2, 0.25) is 5.91 Å². The van der Waals surface area contributed by atoms with Crippen LogP contribution in [-0.4, -0.2) is 73.1 Å². The molecule has 1 saturated carbocycles. The van der Waals surface area contributed by atoms with Crippen molar-refractivity contribution in [2.45, 2.75) is 50.5 Å². The molecule has 0 aromatic heterocycles. The summed E-state index contributed by atoms with van der Waals surface area (Å²) in [7, 11) is 1.57. The molecule has 2 aliphatic heterocycles. The molecule has 2 N–H and O–H groups in total. The number of carbonyl (C=O) groups excluding carboxylic acids is 3. The topological polar surface area (TPSA) is 94.2 Å². The molecule has 2 heterocycles. The second-order valence-corrected chi connectivity index (χ2v) is 10.9. The Kier molecular flexibility index (Phi) is 8.24. The Balaban J connectivity index is 1.25. The zero-order valence-electron chi connectivity index (χ0n) is 22.7. The van der Waals surface area contributed by atoms with E-state index in [1.807, 2.05) is 42.5 Å². The summed E-state index contributed by atoms with van der Waals surface area (Å²) in [5.74, 6) is 0.991. The molecular formula is C30H39N5O4. The number of hydrogen-bond donors (Lipinski definition) is 2. The quantitative estimate of drug-likeness (QED) is 0.560. The number of likely N-dealkylation sites (tertiary alicyclic amines) is 1. The van der Waals surface area contributed by atoms with Crippen LogP contribution < -0.4 is 20.3 Å². The van der Waals surface area contributed by atoms with E-state index in [4.69, 9.17) is 4.74 Å². The van der Waals surface area contributed by atoms with Crippen LogP contribution in [0.4, 0.5) is 16.2 Å². The normalized spacial score (nSPS) is 19.3. The molecule has 0 unspecified atom stereocenters. The first kappa shape index (κ1) is 26.8. The predicted molar refractivity (Wildman–Crippen MR) is 151 cm³/mol. The van der Waals surface area contributed by atoms with Gasteiger partial charge in [0.25, 0.3) is 5.91 Å². The second kappa shape index (κ2) is 12.0. The molecule has 9 heteroatoms. The number of piperidine rings is 1. The number of anilines is 2. The number of rotatable bonds is 7. The van der Waals surface area contributed by atoms with E-state index in [1.54, 1.807) is 29.0 Å². The monoisotopic (exact) mass is 533 g/mol. The van der Waals surface area contributed by atoms with Crippen molar-refractivity contribution < 1.29 is 19.1 Å². The number of carbonyl (C=O) groups is 3. The van der Waals surface area contributed by atoms with E-state index >= 15 is 0 Å². The second-order valence-electron chi connectivity index (χ2n) is 10.9. The molecule has 2 aromatic rings. The standard InChI is InChI=1S/C30H39N5O4/c1-39-26-15-9-8-14-25(26)32-29(38)33-18-16-30(17-19-33)28(37)34(22-35(30)24-12-6-3-7-13-24)21-27(36)31-20-23-10-4-2-5-11-23/h3,6-9,12-15,23H,2,4-5,10-11,16-22H2,1H3,(H,31,36)(H,32,38). The molecule has 208 valence electrons. The molecule has 0 atom stereocenters. The summed E-state index contributed by atoms with van der Waals surface area (Å²) in [5, 5.41) is 6.02. The summed E-state index contributed by atoms with van der Waals surface area (Å²) in [6.07, 6.45) is 7.04. The van der Waals surface area contributed by atoms with Gasteiger partial charge in [0.05, 0.1) is 19.5 Å². The van der Waals surface area contributed by atoms with Crippen molar-refractivity contribution in [1.82, 2.24) is 15.1 Å². The minimum Gasteiger partial charge on any atom is -0.495 e. The Morgan fingerprint density at radius 3 is 2.38 bits per heavy atom. The maximum Gasteiger partial charge on any atom is 0.321 e. The van der Waals surface area contributed by atoms with Gasteiger partial charge in [-0.2, -0.15) is 0 Å². The van der Waals surface area contributed by atoms with Crippen LogP contribution in [0.5, 0.6) is 5.75 Å². The minimum absolute atomic E-state index is 0.0380. The van der Waals surface area contributed by atoms with Crippen LogP contribution in [0.2, 0.25) is 0 Å². The third-order valence-corrected chi connectivity index (χ3v) is 8.46. The van der Waals surface area contributed by atoms with E-state index in [0.29, 0.717) is 56.5 Å². The van der Waals surface area contributed by atoms with Gasteiger partial charge in [-0.3, -0.25) is 9.59 Å². The van der Waals surface area contributed by atoms with Gasteiger partial charge in [0.1, 0.15) is 17.8 Å². The Hall–Kier alpha value is -3.75. The zero-order chi connectivity index (χ0) is 27.2. The molecule has 0 radical (unpaired) electrons. The van der Waals surface area contributed by atoms with Crippen LogP contribution in [-0.2, 0) is 9.59 Å². The molecule has 4 amide bonds. The Morgan fingerprint density at radius 2 is 1.67 bits per heavy atom. The average molecular weight is 534 g/mol. The zero-order valence-corrected chi connectivity index (χ0v) is 22.7. The molecule has 1 spiro atoms. The van der Waals surface area contributed by atoms with E-state index in [0.717, 1.165) is 18.5 Å². The van der Waals surface area contributed by atoms with Gasteiger partial charge < -0.3 is 30.1 Å². The lowest BCUT2D eigenvalue weighted by molar-refractivity contribution is -0.137. The van der Waals surface area contributed by atoms with Gasteiger partial charge in [-0.15, -0.1) is 0 Å². The van der Waals surface area contributed by atoms with Gasteiger partial charge in [-0.05, 0) is 55.9 Å². The van der Waals surface area contributed by atoms with E-state index in [9.17, 15) is 14.4 Å². The van der Waals surface area contributed by atoms with Crippen molar-refractivity contribution in [2.75, 3.05) is 50.2 Å². The van der Waals surface area contributed by atoms with Gasteiger partial charge in [0.15, 0.2) is 0 Å². The van der Waals surface area contributed by atoms with Crippen molar-refractivity contribution in [2.24, 2.45) is 5.92 Å². The number of para-hydroxylation sites is 3. The lowest BCUT2D eigenvalue weighted by Gasteiger charge is -2.43. The molecule has 39 heavy (non-hydrogen) atoms. The number of hydrogen-bond acceptors (Lipinski definition) is 5. The van der Waals surface area contributed by atoms with Gasteiger partial charge in [0, 0.05) is 25.3 Å². The number of nitrogens with zero attached hydrogens (tertiary/aromatic N) is 3. The molecule has 2 saturated heterocycles. The Bertz CT molecular complexity index is 1160. The molecule has 3 aliphatic rings. The van der Waals surface area contributed by atoms with Crippen LogP contribution in [0.3, 0.4) is 0 Å². The van der Waals surface area contributed by atoms with E-state index in [1.165, 1.54) is 19.3 Å². The highest BCUT2D eigenvalue weighted by atomic mass is 16.5. The maximum absolute atomic E-state index is 13.9. The number of methoxy groups -OCH3 is 1. The molecule has 1 aliphatic carbocycles. The number of benzene rings is 2. The van der Waals surface area contributed by atoms with Gasteiger partial charge in [-0.1, -0.05) is 49.6 Å². The predicted octanol–water partition coefficient (Wildman–Crippen LogP) is 4.06. The summed E-state index contributed by atoms with van der Waals surface area (Å²) in [5.41, 5.74) is 0.771. The van der Waals surface area contributed by atoms with Crippen molar-refractivity contribution in [1.29, 1.82) is 0 Å². The van der Waals surface area contributed by atoms with Crippen molar-refractivity contribution >= 4 is 29.2 Å². The highest BCUT2D eigenvalue weighted by Crippen LogP contribution is 2.39. The van der Waals surface area contributed by atoms with Crippen molar-refractivity contribution in [3.05, 3.63) is 54.6 Å². The fraction of sp³-hybridized carbons (Fsp3) is 0.500. The molecule has 2 aromatic carbocycles. The summed E-state index contributed by atoms with van der Waals surface area (Å²) in [4.78, 5) is 45.4. The first-order valence-corrected chi connectivity index (χ1v) is 14.1. The summed E-state index contributed by atoms with van der Waals surface area (Å²) in [6, 6.07) is 17.0. The van der Waals surface area contributed by atoms with Gasteiger partial charge in [-0.25, -0.2) is 4.79 Å². The maximum atomic E-state index is 13.9. The smallest absolute Gasteiger partial charge is 0.321 e. The summed E-state index contributed by atoms with van der Waals surface area (Å²) < 4.78 is 5.36. The highest BCUT2D eigenvalue weighted by Gasteiger charge is 2.54. The van der Waals surface area contributed by atoms with Crippen LogP contribution in [0.1, 0.15) is 44.9 Å². The fourth-order valence-electron chi connectivity index (χ4n) is 6.22. The van der Waals surface area contributed by atoms with E-state index in [2.05, 4.69) is 15.5 Å². The highest BCUT2D eigenvalue weighted by molar-refractivity contribution is 5.97. The molecular weight excluding hydrogens is 494 g/mol. The average Bonchev–Trinajstić information content (AvgIpc) is 3.23. The van der Waals surface area contributed by atoms with Crippen LogP contribution in [0.25, 0.3) is 0 Å². The third kappa shape index (κ3) is 5.82. The minimum atomic E-state index is -0.785. The number of urea groups is 1. The first-order valence-electron chi connectivity index (χ1n) is 14.1. The largest absolute Gasteiger partial charge is 0.495 e. The molecule has 9 nitrogen and oxygen atoms in total. The summed E-state index contributed by atoms with van der Waals surface area (Å²) in [6.45, 7) is 1.95. The van der Waals surface area contributed by atoms with Gasteiger partial charge >= 0.3 is 6.03 Å². The van der Waals surface area contributed by atoms with Crippen molar-refractivity contribution in [3.8, 4) is 5.75 Å². The lowest BCUT2D eigenvalue weighted by atomic mass is 9.85. The number of amides is 4. The SMILES string of the molecule is COc1ccccc1NC(=O)N1CCC2(CC1)C(=O)N(CC(=O)NCC1CCCCC1)CN2c1ccccc1. The summed E-state index contributed by atoms with van der Waals surface area (Å²) >= 11 is 0.